The molecule has 1 heterocycles. The molecule has 0 amide bonds. The van der Waals surface area contributed by atoms with Gasteiger partial charge >= 0.3 is 0 Å². The van der Waals surface area contributed by atoms with Crippen LogP contribution in [0.4, 0.5) is 0 Å². The molecule has 0 spiro atoms. The van der Waals surface area contributed by atoms with Crippen LogP contribution in [0.15, 0.2) is 35.8 Å². The first-order chi connectivity index (χ1) is 6.22. The smallest absolute Gasteiger partial charge is 0.115 e. The number of fused-ring (bicyclic) bond motifs is 1. The molecule has 70 valence electrons. The molecule has 2 heteroatoms. The molecule has 0 saturated carbocycles. The Hall–Kier alpha value is -1.18. The molecule has 2 atom stereocenters. The molecule has 0 bridgehead atoms. The minimum atomic E-state index is 0.513. The fraction of sp³-hybridized carbons (Fsp3) is 0.455. The molecule has 0 fully saturated rings. The third kappa shape index (κ3) is 1.26. The van der Waals surface area contributed by atoms with Crippen LogP contribution < -0.4 is 0 Å². The van der Waals surface area contributed by atoms with Crippen LogP contribution in [-0.2, 0) is 4.74 Å². The number of ether oxygens (including phenoxy) is 1. The molecule has 0 radical (unpaired) electrons. The van der Waals surface area contributed by atoms with E-state index in [1.807, 2.05) is 0 Å². The summed E-state index contributed by atoms with van der Waals surface area (Å²) in [5.41, 5.74) is 1.36. The molecule has 1 aliphatic heterocycles. The van der Waals surface area contributed by atoms with Crippen molar-refractivity contribution < 1.29 is 4.74 Å². The minimum absolute atomic E-state index is 0.513. The molecule has 2 rings (SSSR count). The van der Waals surface area contributed by atoms with Crippen LogP contribution in [0, 0.1) is 5.92 Å². The van der Waals surface area contributed by atoms with E-state index in [0.717, 1.165) is 5.76 Å². The number of hydrogen-bond acceptors (Lipinski definition) is 2. The van der Waals surface area contributed by atoms with Gasteiger partial charge in [-0.25, -0.2) is 0 Å². The molecule has 13 heavy (non-hydrogen) atoms. The first kappa shape index (κ1) is 8.42. The summed E-state index contributed by atoms with van der Waals surface area (Å²) >= 11 is 0. The summed E-state index contributed by atoms with van der Waals surface area (Å²) in [7, 11) is 3.84. The molecule has 0 aromatic rings. The first-order valence-electron chi connectivity index (χ1n) is 4.60. The Morgan fingerprint density at radius 1 is 1.46 bits per heavy atom. The Kier molecular flexibility index (Phi) is 1.91. The third-order valence-electron chi connectivity index (χ3n) is 2.75. The average molecular weight is 177 g/mol. The van der Waals surface area contributed by atoms with E-state index in [4.69, 9.17) is 4.74 Å². The maximum Gasteiger partial charge on any atom is 0.115 e. The van der Waals surface area contributed by atoms with Crippen molar-refractivity contribution in [3.63, 3.8) is 0 Å². The van der Waals surface area contributed by atoms with Crippen molar-refractivity contribution in [1.29, 1.82) is 0 Å². The SMILES string of the molecule is COC1=CC(C)C2C(=C1)C=CN2C. The lowest BCUT2D eigenvalue weighted by molar-refractivity contribution is 0.280. The third-order valence-corrected chi connectivity index (χ3v) is 2.75. The lowest BCUT2D eigenvalue weighted by Crippen LogP contribution is -2.31. The maximum absolute atomic E-state index is 5.24. The molecule has 0 aromatic carbocycles. The molecule has 1 aliphatic carbocycles. The van der Waals surface area contributed by atoms with Crippen LogP contribution in [-0.4, -0.2) is 25.1 Å². The van der Waals surface area contributed by atoms with Gasteiger partial charge in [-0.15, -0.1) is 0 Å². The predicted molar refractivity (Wildman–Crippen MR) is 53.0 cm³/mol. The van der Waals surface area contributed by atoms with E-state index in [2.05, 4.69) is 43.3 Å². The zero-order valence-corrected chi connectivity index (χ0v) is 8.32. The quantitative estimate of drug-likeness (QED) is 0.606. The van der Waals surface area contributed by atoms with Crippen LogP contribution in [0.5, 0.6) is 0 Å². The van der Waals surface area contributed by atoms with Gasteiger partial charge in [0.05, 0.1) is 13.2 Å². The maximum atomic E-state index is 5.24. The molecular weight excluding hydrogens is 162 g/mol. The van der Waals surface area contributed by atoms with Crippen molar-refractivity contribution in [2.75, 3.05) is 14.2 Å². The summed E-state index contributed by atoms with van der Waals surface area (Å²) in [5, 5.41) is 0. The topological polar surface area (TPSA) is 12.5 Å². The van der Waals surface area contributed by atoms with Gasteiger partial charge in [-0.05, 0) is 30.0 Å². The molecule has 2 aliphatic rings. The Balaban J connectivity index is 2.31. The summed E-state index contributed by atoms with van der Waals surface area (Å²) in [6.07, 6.45) is 8.58. The highest BCUT2D eigenvalue weighted by Crippen LogP contribution is 2.31. The van der Waals surface area contributed by atoms with Crippen molar-refractivity contribution >= 4 is 0 Å². The number of hydrogen-bond donors (Lipinski definition) is 0. The summed E-state index contributed by atoms with van der Waals surface area (Å²) in [6.45, 7) is 2.22. The van der Waals surface area contributed by atoms with E-state index < -0.39 is 0 Å². The second-order valence-corrected chi connectivity index (χ2v) is 3.70. The van der Waals surface area contributed by atoms with Gasteiger partial charge < -0.3 is 9.64 Å². The lowest BCUT2D eigenvalue weighted by atomic mass is 9.90. The summed E-state index contributed by atoms with van der Waals surface area (Å²) in [4.78, 5) is 2.25. The van der Waals surface area contributed by atoms with Crippen molar-refractivity contribution in [3.05, 3.63) is 35.8 Å². The minimum Gasteiger partial charge on any atom is -0.497 e. The Bertz CT molecular complexity index is 301. The molecule has 2 unspecified atom stereocenters. The largest absolute Gasteiger partial charge is 0.497 e. The number of nitrogens with zero attached hydrogens (tertiary/aromatic N) is 1. The van der Waals surface area contributed by atoms with E-state index >= 15 is 0 Å². The molecular formula is C11H15NO. The van der Waals surface area contributed by atoms with Crippen LogP contribution in [0.2, 0.25) is 0 Å². The van der Waals surface area contributed by atoms with Gasteiger partial charge in [0, 0.05) is 13.0 Å². The monoisotopic (exact) mass is 177 g/mol. The zero-order chi connectivity index (χ0) is 9.42. The van der Waals surface area contributed by atoms with Crippen LogP contribution in [0.25, 0.3) is 0 Å². The number of methoxy groups -OCH3 is 1. The van der Waals surface area contributed by atoms with Gasteiger partial charge in [-0.3, -0.25) is 0 Å². The van der Waals surface area contributed by atoms with Gasteiger partial charge in [0.2, 0.25) is 0 Å². The first-order valence-corrected chi connectivity index (χ1v) is 4.60. The average Bonchev–Trinajstić information content (AvgIpc) is 2.48. The van der Waals surface area contributed by atoms with Gasteiger partial charge in [0.1, 0.15) is 5.76 Å². The Morgan fingerprint density at radius 3 is 2.92 bits per heavy atom. The highest BCUT2D eigenvalue weighted by atomic mass is 16.5. The van der Waals surface area contributed by atoms with Crippen LogP contribution >= 0.6 is 0 Å². The highest BCUT2D eigenvalue weighted by molar-refractivity contribution is 5.40. The van der Waals surface area contributed by atoms with E-state index in [0.29, 0.717) is 12.0 Å². The second kappa shape index (κ2) is 2.95. The molecule has 0 aromatic heterocycles. The molecule has 2 nitrogen and oxygen atoms in total. The van der Waals surface area contributed by atoms with Crippen LogP contribution in [0.3, 0.4) is 0 Å². The van der Waals surface area contributed by atoms with Crippen molar-refractivity contribution in [3.8, 4) is 0 Å². The predicted octanol–water partition coefficient (Wildman–Crippen LogP) is 1.92. The van der Waals surface area contributed by atoms with Crippen molar-refractivity contribution in [1.82, 2.24) is 4.90 Å². The fourth-order valence-electron chi connectivity index (χ4n) is 2.13. The number of likely N-dealkylation sites (N-methyl/N-ethyl adjacent to an activating group) is 1. The van der Waals surface area contributed by atoms with E-state index in [9.17, 15) is 0 Å². The lowest BCUT2D eigenvalue weighted by Gasteiger charge is -2.29. The van der Waals surface area contributed by atoms with Gasteiger partial charge in [0.15, 0.2) is 0 Å². The van der Waals surface area contributed by atoms with E-state index in [-0.39, 0.29) is 0 Å². The Labute approximate surface area is 79.2 Å². The zero-order valence-electron chi connectivity index (χ0n) is 8.32. The number of rotatable bonds is 1. The summed E-state index contributed by atoms with van der Waals surface area (Å²) < 4.78 is 5.24. The normalized spacial score (nSPS) is 31.2. The highest BCUT2D eigenvalue weighted by Gasteiger charge is 2.28. The van der Waals surface area contributed by atoms with Crippen LogP contribution in [0.1, 0.15) is 6.92 Å². The Morgan fingerprint density at radius 2 is 2.23 bits per heavy atom. The van der Waals surface area contributed by atoms with Gasteiger partial charge in [-0.2, -0.15) is 0 Å². The second-order valence-electron chi connectivity index (χ2n) is 3.70. The standard InChI is InChI=1S/C11H15NO/c1-8-6-10(13-3)7-9-4-5-12(2)11(8)9/h4-8,11H,1-3H3. The molecule has 0 N–H and O–H groups in total. The molecule has 0 saturated heterocycles. The van der Waals surface area contributed by atoms with Gasteiger partial charge in [-0.1, -0.05) is 6.92 Å². The van der Waals surface area contributed by atoms with Crippen molar-refractivity contribution in [2.45, 2.75) is 13.0 Å². The van der Waals surface area contributed by atoms with Crippen molar-refractivity contribution in [2.24, 2.45) is 5.92 Å². The van der Waals surface area contributed by atoms with E-state index in [1.165, 1.54) is 5.57 Å². The summed E-state index contributed by atoms with van der Waals surface area (Å²) in [5.74, 6) is 1.51. The fourth-order valence-corrected chi connectivity index (χ4v) is 2.13. The van der Waals surface area contributed by atoms with Gasteiger partial charge in [0.25, 0.3) is 0 Å². The van der Waals surface area contributed by atoms with E-state index in [1.54, 1.807) is 7.11 Å². The number of allylic oxidation sites excluding steroid dienone is 1. The summed E-state index contributed by atoms with van der Waals surface area (Å²) in [6, 6.07) is 0.513.